The Hall–Kier alpha value is -1.35. The highest BCUT2D eigenvalue weighted by atomic mass is 16.5. The summed E-state index contributed by atoms with van der Waals surface area (Å²) in [4.78, 5) is 11.8. The van der Waals surface area contributed by atoms with Crippen molar-refractivity contribution in [3.63, 3.8) is 0 Å². The second-order valence-electron chi connectivity index (χ2n) is 5.24. The van der Waals surface area contributed by atoms with Gasteiger partial charge in [0.25, 0.3) is 0 Å². The first-order valence-corrected chi connectivity index (χ1v) is 6.97. The van der Waals surface area contributed by atoms with Crippen LogP contribution >= 0.6 is 0 Å². The number of hydrogen-bond donors (Lipinski definition) is 1. The summed E-state index contributed by atoms with van der Waals surface area (Å²) in [6, 6.07) is 10.2. The molecule has 19 heavy (non-hydrogen) atoms. The molecule has 3 nitrogen and oxygen atoms in total. The molecule has 0 fully saturated rings. The van der Waals surface area contributed by atoms with Gasteiger partial charge in [0.2, 0.25) is 0 Å². The van der Waals surface area contributed by atoms with Crippen molar-refractivity contribution >= 4 is 5.97 Å². The van der Waals surface area contributed by atoms with Crippen molar-refractivity contribution in [2.75, 3.05) is 7.11 Å². The Labute approximate surface area is 116 Å². The Morgan fingerprint density at radius 1 is 1.26 bits per heavy atom. The maximum absolute atomic E-state index is 11.8. The van der Waals surface area contributed by atoms with Crippen LogP contribution in [0, 0.1) is 5.92 Å². The van der Waals surface area contributed by atoms with E-state index >= 15 is 0 Å². The van der Waals surface area contributed by atoms with Gasteiger partial charge < -0.3 is 4.74 Å². The summed E-state index contributed by atoms with van der Waals surface area (Å²) < 4.78 is 4.89. The van der Waals surface area contributed by atoms with Gasteiger partial charge in [0, 0.05) is 6.04 Å². The second-order valence-corrected chi connectivity index (χ2v) is 5.24. The minimum atomic E-state index is -0.241. The third-order valence-electron chi connectivity index (χ3n) is 3.21. The SMILES string of the molecule is CCC(NC(CC(C)C)C(=O)OC)c1ccccc1. The number of carbonyl (C=O) groups is 1. The second kappa shape index (κ2) is 7.95. The fourth-order valence-corrected chi connectivity index (χ4v) is 2.22. The summed E-state index contributed by atoms with van der Waals surface area (Å²) in [6.07, 6.45) is 1.73. The first-order valence-electron chi connectivity index (χ1n) is 6.97. The average molecular weight is 263 g/mol. The smallest absolute Gasteiger partial charge is 0.322 e. The van der Waals surface area contributed by atoms with Crippen molar-refractivity contribution in [2.24, 2.45) is 5.92 Å². The van der Waals surface area contributed by atoms with Crippen LogP contribution in [0.5, 0.6) is 0 Å². The highest BCUT2D eigenvalue weighted by Crippen LogP contribution is 2.19. The van der Waals surface area contributed by atoms with Crippen LogP contribution in [0.1, 0.15) is 45.2 Å². The third kappa shape index (κ3) is 5.03. The zero-order chi connectivity index (χ0) is 14.3. The Morgan fingerprint density at radius 3 is 2.37 bits per heavy atom. The van der Waals surface area contributed by atoms with Gasteiger partial charge in [0.05, 0.1) is 7.11 Å². The predicted octanol–water partition coefficient (Wildman–Crippen LogP) is 3.32. The number of hydrogen-bond acceptors (Lipinski definition) is 3. The molecule has 0 saturated heterocycles. The van der Waals surface area contributed by atoms with Gasteiger partial charge in [0.15, 0.2) is 0 Å². The monoisotopic (exact) mass is 263 g/mol. The normalized spacial score (nSPS) is 14.2. The largest absolute Gasteiger partial charge is 0.468 e. The minimum Gasteiger partial charge on any atom is -0.468 e. The number of esters is 1. The molecule has 1 aromatic carbocycles. The average Bonchev–Trinajstić information content (AvgIpc) is 2.43. The molecule has 0 radical (unpaired) electrons. The lowest BCUT2D eigenvalue weighted by Gasteiger charge is -2.25. The maximum atomic E-state index is 11.8. The van der Waals surface area contributed by atoms with E-state index in [1.165, 1.54) is 12.7 Å². The van der Waals surface area contributed by atoms with E-state index in [0.29, 0.717) is 5.92 Å². The van der Waals surface area contributed by atoms with Crippen molar-refractivity contribution < 1.29 is 9.53 Å². The summed E-state index contributed by atoms with van der Waals surface area (Å²) in [5.41, 5.74) is 1.21. The van der Waals surface area contributed by atoms with Crippen LogP contribution in [0.4, 0.5) is 0 Å². The molecule has 1 rings (SSSR count). The van der Waals surface area contributed by atoms with Crippen molar-refractivity contribution in [1.82, 2.24) is 5.32 Å². The van der Waals surface area contributed by atoms with Gasteiger partial charge in [-0.15, -0.1) is 0 Å². The molecular formula is C16H25NO2. The molecule has 3 heteroatoms. The topological polar surface area (TPSA) is 38.3 Å². The quantitative estimate of drug-likeness (QED) is 0.767. The third-order valence-corrected chi connectivity index (χ3v) is 3.21. The number of benzene rings is 1. The molecule has 0 spiro atoms. The van der Waals surface area contributed by atoms with Crippen LogP contribution in [0.3, 0.4) is 0 Å². The summed E-state index contributed by atoms with van der Waals surface area (Å²) in [5, 5.41) is 3.43. The van der Waals surface area contributed by atoms with E-state index in [2.05, 4.69) is 38.2 Å². The summed E-state index contributed by atoms with van der Waals surface area (Å²) in [7, 11) is 1.45. The molecule has 0 aliphatic heterocycles. The van der Waals surface area contributed by atoms with Gasteiger partial charge in [-0.1, -0.05) is 51.1 Å². The lowest BCUT2D eigenvalue weighted by Crippen LogP contribution is -2.40. The van der Waals surface area contributed by atoms with Crippen LogP contribution in [-0.4, -0.2) is 19.1 Å². The number of carbonyl (C=O) groups excluding carboxylic acids is 1. The lowest BCUT2D eigenvalue weighted by atomic mass is 9.99. The lowest BCUT2D eigenvalue weighted by molar-refractivity contribution is -0.143. The highest BCUT2D eigenvalue weighted by Gasteiger charge is 2.23. The van der Waals surface area contributed by atoms with Gasteiger partial charge in [-0.05, 0) is 24.3 Å². The van der Waals surface area contributed by atoms with Crippen LogP contribution in [0.15, 0.2) is 30.3 Å². The molecule has 0 aromatic heterocycles. The van der Waals surface area contributed by atoms with Gasteiger partial charge in [-0.2, -0.15) is 0 Å². The number of rotatable bonds is 7. The summed E-state index contributed by atoms with van der Waals surface area (Å²) in [5.74, 6) is 0.271. The molecule has 2 atom stereocenters. The van der Waals surface area contributed by atoms with Crippen LogP contribution in [-0.2, 0) is 9.53 Å². The standard InChI is InChI=1S/C16H25NO2/c1-5-14(13-9-7-6-8-10-13)17-15(11-12(2)3)16(18)19-4/h6-10,12,14-15,17H,5,11H2,1-4H3. The first-order chi connectivity index (χ1) is 9.08. The Kier molecular flexibility index (Phi) is 6.57. The zero-order valence-electron chi connectivity index (χ0n) is 12.3. The van der Waals surface area contributed by atoms with E-state index in [0.717, 1.165) is 12.8 Å². The van der Waals surface area contributed by atoms with Crippen molar-refractivity contribution in [3.8, 4) is 0 Å². The zero-order valence-corrected chi connectivity index (χ0v) is 12.3. The molecule has 106 valence electrons. The van der Waals surface area contributed by atoms with Crippen molar-refractivity contribution in [2.45, 2.75) is 45.7 Å². The molecule has 0 aliphatic carbocycles. The van der Waals surface area contributed by atoms with E-state index in [1.54, 1.807) is 0 Å². The first kappa shape index (κ1) is 15.7. The molecule has 0 amide bonds. The number of methoxy groups -OCH3 is 1. The Morgan fingerprint density at radius 2 is 1.89 bits per heavy atom. The Balaban J connectivity index is 2.78. The van der Waals surface area contributed by atoms with Crippen molar-refractivity contribution in [3.05, 3.63) is 35.9 Å². The molecule has 0 heterocycles. The van der Waals surface area contributed by atoms with E-state index in [1.807, 2.05) is 18.2 Å². The van der Waals surface area contributed by atoms with Gasteiger partial charge in [-0.25, -0.2) is 0 Å². The van der Waals surface area contributed by atoms with Crippen LogP contribution < -0.4 is 5.32 Å². The fraction of sp³-hybridized carbons (Fsp3) is 0.562. The van der Waals surface area contributed by atoms with Crippen molar-refractivity contribution in [1.29, 1.82) is 0 Å². The highest BCUT2D eigenvalue weighted by molar-refractivity contribution is 5.75. The van der Waals surface area contributed by atoms with Crippen LogP contribution in [0.25, 0.3) is 0 Å². The predicted molar refractivity (Wildman–Crippen MR) is 77.9 cm³/mol. The van der Waals surface area contributed by atoms with Gasteiger partial charge >= 0.3 is 5.97 Å². The molecule has 1 N–H and O–H groups in total. The molecule has 2 unspecified atom stereocenters. The molecule has 0 aliphatic rings. The van der Waals surface area contributed by atoms with E-state index < -0.39 is 0 Å². The van der Waals surface area contributed by atoms with E-state index in [-0.39, 0.29) is 18.1 Å². The summed E-state index contributed by atoms with van der Waals surface area (Å²) in [6.45, 7) is 6.34. The van der Waals surface area contributed by atoms with E-state index in [9.17, 15) is 4.79 Å². The fourth-order valence-electron chi connectivity index (χ4n) is 2.22. The minimum absolute atomic E-state index is 0.178. The molecule has 0 saturated carbocycles. The summed E-state index contributed by atoms with van der Waals surface area (Å²) >= 11 is 0. The number of nitrogens with one attached hydrogen (secondary N) is 1. The molecule has 1 aromatic rings. The molecule has 0 bridgehead atoms. The Bertz CT molecular complexity index is 376. The van der Waals surface area contributed by atoms with Gasteiger partial charge in [-0.3, -0.25) is 10.1 Å². The van der Waals surface area contributed by atoms with E-state index in [4.69, 9.17) is 4.74 Å². The maximum Gasteiger partial charge on any atom is 0.322 e. The van der Waals surface area contributed by atoms with Crippen LogP contribution in [0.2, 0.25) is 0 Å². The van der Waals surface area contributed by atoms with Gasteiger partial charge in [0.1, 0.15) is 6.04 Å². The molecular weight excluding hydrogens is 238 g/mol. The number of ether oxygens (including phenoxy) is 1.